The molecule has 0 aliphatic rings. The van der Waals surface area contributed by atoms with Crippen molar-refractivity contribution in [3.05, 3.63) is 64.0 Å². The van der Waals surface area contributed by atoms with E-state index in [0.29, 0.717) is 33.1 Å². The van der Waals surface area contributed by atoms with Crippen LogP contribution in [0.25, 0.3) is 11.4 Å². The first-order valence-corrected chi connectivity index (χ1v) is 8.41. The first kappa shape index (κ1) is 18.2. The molecule has 8 heteroatoms. The van der Waals surface area contributed by atoms with E-state index < -0.39 is 0 Å². The van der Waals surface area contributed by atoms with E-state index in [1.54, 1.807) is 43.4 Å². The number of halogens is 2. The molecule has 26 heavy (non-hydrogen) atoms. The molecule has 2 aromatic carbocycles. The van der Waals surface area contributed by atoms with Gasteiger partial charge in [-0.3, -0.25) is 4.79 Å². The number of ether oxygens (including phenoxy) is 1. The molecule has 134 valence electrons. The number of benzene rings is 2. The molecule has 0 atom stereocenters. The standard InChI is InChI=1S/C18H15Cl2N3O3/c1-23(18(24)12-6-7-15(25-2)14(20)9-12)10-16-21-17(22-26-16)11-4-3-5-13(19)8-11/h3-9H,10H2,1-2H3. The number of nitrogens with zero attached hydrogens (tertiary/aromatic N) is 3. The molecule has 0 unspecified atom stereocenters. The maximum Gasteiger partial charge on any atom is 0.254 e. The van der Waals surface area contributed by atoms with E-state index in [1.807, 2.05) is 6.07 Å². The molecule has 0 aliphatic heterocycles. The lowest BCUT2D eigenvalue weighted by Gasteiger charge is -2.15. The number of hydrogen-bond acceptors (Lipinski definition) is 5. The van der Waals surface area contributed by atoms with Gasteiger partial charge in [-0.05, 0) is 30.3 Å². The maximum absolute atomic E-state index is 12.5. The molecule has 0 saturated carbocycles. The Morgan fingerprint density at radius 1 is 1.23 bits per heavy atom. The Balaban J connectivity index is 1.73. The summed E-state index contributed by atoms with van der Waals surface area (Å²) in [6.45, 7) is 0.163. The van der Waals surface area contributed by atoms with Crippen LogP contribution in [-0.2, 0) is 6.54 Å². The fraction of sp³-hybridized carbons (Fsp3) is 0.167. The highest BCUT2D eigenvalue weighted by Gasteiger charge is 2.17. The molecule has 0 aliphatic carbocycles. The monoisotopic (exact) mass is 391 g/mol. The summed E-state index contributed by atoms with van der Waals surface area (Å²) in [4.78, 5) is 18.3. The molecule has 0 saturated heterocycles. The van der Waals surface area contributed by atoms with Crippen LogP contribution in [0.15, 0.2) is 47.0 Å². The van der Waals surface area contributed by atoms with Gasteiger partial charge in [0.15, 0.2) is 0 Å². The quantitative estimate of drug-likeness (QED) is 0.647. The highest BCUT2D eigenvalue weighted by Crippen LogP contribution is 2.26. The molecule has 0 fully saturated rings. The Morgan fingerprint density at radius 3 is 2.73 bits per heavy atom. The van der Waals surface area contributed by atoms with Crippen LogP contribution in [0.5, 0.6) is 5.75 Å². The highest BCUT2D eigenvalue weighted by atomic mass is 35.5. The van der Waals surface area contributed by atoms with Gasteiger partial charge in [-0.15, -0.1) is 0 Å². The molecule has 1 amide bonds. The number of amides is 1. The summed E-state index contributed by atoms with van der Waals surface area (Å²) in [7, 11) is 3.16. The van der Waals surface area contributed by atoms with E-state index in [9.17, 15) is 4.79 Å². The third-order valence-electron chi connectivity index (χ3n) is 3.67. The van der Waals surface area contributed by atoms with Gasteiger partial charge in [0, 0.05) is 23.2 Å². The first-order chi connectivity index (χ1) is 12.5. The summed E-state index contributed by atoms with van der Waals surface area (Å²) in [5, 5.41) is 4.88. The van der Waals surface area contributed by atoms with Crippen LogP contribution in [0.4, 0.5) is 0 Å². The molecule has 6 nitrogen and oxygen atoms in total. The SMILES string of the molecule is COc1ccc(C(=O)N(C)Cc2nc(-c3cccc(Cl)c3)no2)cc1Cl. The zero-order valence-corrected chi connectivity index (χ0v) is 15.6. The van der Waals surface area contributed by atoms with Crippen molar-refractivity contribution in [3.63, 3.8) is 0 Å². The molecular weight excluding hydrogens is 377 g/mol. The molecule has 0 bridgehead atoms. The van der Waals surface area contributed by atoms with E-state index in [4.69, 9.17) is 32.5 Å². The van der Waals surface area contributed by atoms with Crippen LogP contribution in [-0.4, -0.2) is 35.1 Å². The Kier molecular flexibility index (Phi) is 5.44. The molecule has 0 radical (unpaired) electrons. The average Bonchev–Trinajstić information content (AvgIpc) is 3.09. The summed E-state index contributed by atoms with van der Waals surface area (Å²) in [6, 6.07) is 12.0. The van der Waals surface area contributed by atoms with Gasteiger partial charge in [0.2, 0.25) is 11.7 Å². The molecule has 0 spiro atoms. The average molecular weight is 392 g/mol. The van der Waals surface area contributed by atoms with E-state index in [2.05, 4.69) is 10.1 Å². The van der Waals surface area contributed by atoms with E-state index in [-0.39, 0.29) is 12.5 Å². The van der Waals surface area contributed by atoms with Crippen molar-refractivity contribution in [1.29, 1.82) is 0 Å². The normalized spacial score (nSPS) is 10.6. The minimum absolute atomic E-state index is 0.163. The summed E-state index contributed by atoms with van der Waals surface area (Å²) in [6.07, 6.45) is 0. The summed E-state index contributed by atoms with van der Waals surface area (Å²) in [5.74, 6) is 1.01. The highest BCUT2D eigenvalue weighted by molar-refractivity contribution is 6.32. The first-order valence-electron chi connectivity index (χ1n) is 7.65. The Labute approximate surface area is 160 Å². The van der Waals surface area contributed by atoms with Crippen LogP contribution in [0.3, 0.4) is 0 Å². The molecule has 0 N–H and O–H groups in total. The van der Waals surface area contributed by atoms with Crippen LogP contribution in [0.1, 0.15) is 16.2 Å². The second-order valence-corrected chi connectivity index (χ2v) is 6.38. The lowest BCUT2D eigenvalue weighted by molar-refractivity contribution is 0.0769. The largest absolute Gasteiger partial charge is 0.495 e. The van der Waals surface area contributed by atoms with Gasteiger partial charge in [-0.2, -0.15) is 4.98 Å². The summed E-state index contributed by atoms with van der Waals surface area (Å²) >= 11 is 12.0. The number of carbonyl (C=O) groups is 1. The second-order valence-electron chi connectivity index (χ2n) is 5.53. The van der Waals surface area contributed by atoms with E-state index >= 15 is 0 Å². The number of methoxy groups -OCH3 is 1. The number of rotatable bonds is 5. The predicted octanol–water partition coefficient (Wildman–Crippen LogP) is 4.32. The van der Waals surface area contributed by atoms with Gasteiger partial charge in [-0.25, -0.2) is 0 Å². The summed E-state index contributed by atoms with van der Waals surface area (Å²) in [5.41, 5.74) is 1.18. The zero-order valence-electron chi connectivity index (χ0n) is 14.1. The van der Waals surface area contributed by atoms with Crippen molar-refractivity contribution in [2.45, 2.75) is 6.54 Å². The van der Waals surface area contributed by atoms with Crippen molar-refractivity contribution in [1.82, 2.24) is 15.0 Å². The minimum atomic E-state index is -0.225. The third kappa shape index (κ3) is 3.98. The molecule has 1 heterocycles. The van der Waals surface area contributed by atoms with Crippen molar-refractivity contribution in [2.75, 3.05) is 14.2 Å². The minimum Gasteiger partial charge on any atom is -0.495 e. The van der Waals surface area contributed by atoms with Crippen LogP contribution >= 0.6 is 23.2 Å². The summed E-state index contributed by atoms with van der Waals surface area (Å²) < 4.78 is 10.3. The van der Waals surface area contributed by atoms with Crippen molar-refractivity contribution >= 4 is 29.1 Å². The van der Waals surface area contributed by atoms with Crippen molar-refractivity contribution in [2.24, 2.45) is 0 Å². The Morgan fingerprint density at radius 2 is 2.04 bits per heavy atom. The number of hydrogen-bond donors (Lipinski definition) is 0. The molecule has 1 aromatic heterocycles. The van der Waals surface area contributed by atoms with Crippen LogP contribution in [0, 0.1) is 0 Å². The fourth-order valence-electron chi connectivity index (χ4n) is 2.36. The fourth-order valence-corrected chi connectivity index (χ4v) is 2.81. The number of aromatic nitrogens is 2. The second kappa shape index (κ2) is 7.76. The van der Waals surface area contributed by atoms with Gasteiger partial charge < -0.3 is 14.2 Å². The topological polar surface area (TPSA) is 68.5 Å². The lowest BCUT2D eigenvalue weighted by Crippen LogP contribution is -2.26. The lowest BCUT2D eigenvalue weighted by atomic mass is 10.2. The molecular formula is C18H15Cl2N3O3. The van der Waals surface area contributed by atoms with E-state index in [1.165, 1.54) is 12.0 Å². The maximum atomic E-state index is 12.5. The third-order valence-corrected chi connectivity index (χ3v) is 4.20. The van der Waals surface area contributed by atoms with Gasteiger partial charge >= 0.3 is 0 Å². The number of carbonyl (C=O) groups excluding carboxylic acids is 1. The van der Waals surface area contributed by atoms with Gasteiger partial charge in [0.05, 0.1) is 18.7 Å². The van der Waals surface area contributed by atoms with Gasteiger partial charge in [0.1, 0.15) is 5.75 Å². The Bertz CT molecular complexity index is 943. The smallest absolute Gasteiger partial charge is 0.254 e. The zero-order chi connectivity index (χ0) is 18.7. The van der Waals surface area contributed by atoms with Gasteiger partial charge in [0.25, 0.3) is 5.91 Å². The van der Waals surface area contributed by atoms with Crippen molar-refractivity contribution < 1.29 is 14.1 Å². The predicted molar refractivity (Wildman–Crippen MR) is 98.5 cm³/mol. The Hall–Kier alpha value is -2.57. The van der Waals surface area contributed by atoms with Gasteiger partial charge in [-0.1, -0.05) is 40.5 Å². The van der Waals surface area contributed by atoms with Crippen LogP contribution in [0.2, 0.25) is 10.0 Å². The van der Waals surface area contributed by atoms with E-state index in [0.717, 1.165) is 5.56 Å². The van der Waals surface area contributed by atoms with Crippen molar-refractivity contribution in [3.8, 4) is 17.1 Å². The molecule has 3 aromatic rings. The molecule has 3 rings (SSSR count). The van der Waals surface area contributed by atoms with Crippen LogP contribution < -0.4 is 4.74 Å².